The molecule has 1 amide bonds. The zero-order valence-electron chi connectivity index (χ0n) is 16.8. The highest BCUT2D eigenvalue weighted by Gasteiger charge is 2.13. The number of aliphatic carboxylic acids is 1. The van der Waals surface area contributed by atoms with Crippen molar-refractivity contribution in [2.45, 2.75) is 71.3 Å². The summed E-state index contributed by atoms with van der Waals surface area (Å²) in [6, 6.07) is 4.99. The van der Waals surface area contributed by atoms with E-state index in [1.165, 1.54) is 32.8 Å². The summed E-state index contributed by atoms with van der Waals surface area (Å²) in [5.74, 6) is -1.11. The molecule has 28 heavy (non-hydrogen) atoms. The van der Waals surface area contributed by atoms with Gasteiger partial charge in [0.25, 0.3) is 0 Å². The minimum atomic E-state index is -1.06. The number of amides is 1. The van der Waals surface area contributed by atoms with Gasteiger partial charge in [-0.15, -0.1) is 0 Å². The number of carbonyl (C=O) groups excluding carboxylic acids is 2. The molecule has 7 nitrogen and oxygen atoms in total. The van der Waals surface area contributed by atoms with Crippen molar-refractivity contribution in [1.29, 1.82) is 0 Å². The smallest absolute Gasteiger partial charge is 0.311 e. The lowest BCUT2D eigenvalue weighted by Gasteiger charge is -2.11. The molecule has 7 heteroatoms. The standard InChI is InChI=1S/C21H31NO6/c1-3-4-5-6-7-8-9-19(23)22-15-16-10-11-17(18(14-16)27-2)28-21(26)13-12-20(24)25/h10-11,14H,3-9,12-13,15H2,1-2H3,(H,22,23)(H,24,25). The Morgan fingerprint density at radius 1 is 0.964 bits per heavy atom. The van der Waals surface area contributed by atoms with Gasteiger partial charge in [0.05, 0.1) is 20.0 Å². The number of methoxy groups -OCH3 is 1. The van der Waals surface area contributed by atoms with Gasteiger partial charge in [-0.1, -0.05) is 45.1 Å². The summed E-state index contributed by atoms with van der Waals surface area (Å²) in [6.45, 7) is 2.54. The molecule has 0 unspecified atom stereocenters. The first-order valence-electron chi connectivity index (χ1n) is 9.82. The summed E-state index contributed by atoms with van der Waals surface area (Å²) in [4.78, 5) is 34.1. The van der Waals surface area contributed by atoms with Crippen LogP contribution in [0.3, 0.4) is 0 Å². The van der Waals surface area contributed by atoms with Crippen LogP contribution in [0.25, 0.3) is 0 Å². The van der Waals surface area contributed by atoms with Crippen LogP contribution in [-0.4, -0.2) is 30.1 Å². The van der Waals surface area contributed by atoms with Gasteiger partial charge in [-0.2, -0.15) is 0 Å². The first-order valence-corrected chi connectivity index (χ1v) is 9.82. The second-order valence-electron chi connectivity index (χ2n) is 6.65. The molecule has 1 aromatic carbocycles. The fraction of sp³-hybridized carbons (Fsp3) is 0.571. The van der Waals surface area contributed by atoms with E-state index in [2.05, 4.69) is 12.2 Å². The number of esters is 1. The van der Waals surface area contributed by atoms with Crippen molar-refractivity contribution in [3.63, 3.8) is 0 Å². The monoisotopic (exact) mass is 393 g/mol. The van der Waals surface area contributed by atoms with Crippen LogP contribution in [0.4, 0.5) is 0 Å². The molecule has 0 aliphatic rings. The van der Waals surface area contributed by atoms with Crippen molar-refractivity contribution < 1.29 is 29.0 Å². The van der Waals surface area contributed by atoms with Crippen molar-refractivity contribution in [1.82, 2.24) is 5.32 Å². The van der Waals surface area contributed by atoms with Crippen LogP contribution >= 0.6 is 0 Å². The molecule has 0 aliphatic carbocycles. The summed E-state index contributed by atoms with van der Waals surface area (Å²) in [5, 5.41) is 11.5. The van der Waals surface area contributed by atoms with Crippen molar-refractivity contribution in [2.75, 3.05) is 7.11 Å². The van der Waals surface area contributed by atoms with Crippen LogP contribution in [0.2, 0.25) is 0 Å². The van der Waals surface area contributed by atoms with E-state index in [0.29, 0.717) is 18.7 Å². The SMILES string of the molecule is CCCCCCCCC(=O)NCc1ccc(OC(=O)CCC(=O)O)c(OC)c1. The van der Waals surface area contributed by atoms with E-state index in [0.717, 1.165) is 18.4 Å². The van der Waals surface area contributed by atoms with E-state index < -0.39 is 11.9 Å². The molecule has 0 atom stereocenters. The van der Waals surface area contributed by atoms with E-state index in [-0.39, 0.29) is 24.5 Å². The van der Waals surface area contributed by atoms with Crippen molar-refractivity contribution in [2.24, 2.45) is 0 Å². The minimum Gasteiger partial charge on any atom is -0.493 e. The Hall–Kier alpha value is -2.57. The van der Waals surface area contributed by atoms with E-state index in [9.17, 15) is 14.4 Å². The lowest BCUT2D eigenvalue weighted by Crippen LogP contribution is -2.22. The average Bonchev–Trinajstić information content (AvgIpc) is 2.68. The summed E-state index contributed by atoms with van der Waals surface area (Å²) < 4.78 is 10.4. The number of hydrogen-bond donors (Lipinski definition) is 2. The predicted molar refractivity (Wildman–Crippen MR) is 105 cm³/mol. The van der Waals surface area contributed by atoms with Gasteiger partial charge in [-0.3, -0.25) is 14.4 Å². The molecule has 0 spiro atoms. The number of carboxylic acid groups (broad SMARTS) is 1. The van der Waals surface area contributed by atoms with Gasteiger partial charge < -0.3 is 19.9 Å². The number of unbranched alkanes of at least 4 members (excludes halogenated alkanes) is 5. The Morgan fingerprint density at radius 3 is 2.36 bits per heavy atom. The first kappa shape index (κ1) is 23.5. The molecule has 0 bridgehead atoms. The summed E-state index contributed by atoms with van der Waals surface area (Å²) in [6.07, 6.45) is 6.84. The van der Waals surface area contributed by atoms with Crippen molar-refractivity contribution in [3.05, 3.63) is 23.8 Å². The van der Waals surface area contributed by atoms with Gasteiger partial charge in [0.15, 0.2) is 11.5 Å². The lowest BCUT2D eigenvalue weighted by molar-refractivity contribution is -0.142. The number of nitrogens with one attached hydrogen (secondary N) is 1. The Morgan fingerprint density at radius 2 is 1.68 bits per heavy atom. The topological polar surface area (TPSA) is 102 Å². The average molecular weight is 393 g/mol. The Labute approximate surface area is 166 Å². The highest BCUT2D eigenvalue weighted by Crippen LogP contribution is 2.28. The van der Waals surface area contributed by atoms with Crippen LogP contribution in [-0.2, 0) is 20.9 Å². The molecule has 0 saturated heterocycles. The maximum Gasteiger partial charge on any atom is 0.311 e. The first-order chi connectivity index (χ1) is 13.5. The van der Waals surface area contributed by atoms with Crippen LogP contribution in [0.1, 0.15) is 70.3 Å². The number of carboxylic acids is 1. The molecule has 1 rings (SSSR count). The van der Waals surface area contributed by atoms with Crippen LogP contribution in [0.5, 0.6) is 11.5 Å². The van der Waals surface area contributed by atoms with Gasteiger partial charge in [0.1, 0.15) is 0 Å². The fourth-order valence-corrected chi connectivity index (χ4v) is 2.64. The van der Waals surface area contributed by atoms with Gasteiger partial charge in [0, 0.05) is 13.0 Å². The molecule has 0 heterocycles. The molecule has 0 saturated carbocycles. The van der Waals surface area contributed by atoms with Crippen LogP contribution < -0.4 is 14.8 Å². The zero-order chi connectivity index (χ0) is 20.8. The molecular formula is C21H31NO6. The molecular weight excluding hydrogens is 362 g/mol. The third kappa shape index (κ3) is 9.94. The molecule has 1 aromatic rings. The Bertz CT molecular complexity index is 644. The number of ether oxygens (including phenoxy) is 2. The van der Waals surface area contributed by atoms with Crippen molar-refractivity contribution in [3.8, 4) is 11.5 Å². The number of carbonyl (C=O) groups is 3. The van der Waals surface area contributed by atoms with Crippen molar-refractivity contribution >= 4 is 17.8 Å². The summed E-state index contributed by atoms with van der Waals surface area (Å²) in [5.41, 5.74) is 0.818. The van der Waals surface area contributed by atoms with E-state index in [4.69, 9.17) is 14.6 Å². The third-order valence-corrected chi connectivity index (χ3v) is 4.24. The number of benzene rings is 1. The van der Waals surface area contributed by atoms with E-state index >= 15 is 0 Å². The maximum absolute atomic E-state index is 11.9. The van der Waals surface area contributed by atoms with Crippen LogP contribution in [0.15, 0.2) is 18.2 Å². The van der Waals surface area contributed by atoms with E-state index in [1.807, 2.05) is 0 Å². The summed E-state index contributed by atoms with van der Waals surface area (Å²) >= 11 is 0. The minimum absolute atomic E-state index is 0.0126. The Balaban J connectivity index is 2.43. The Kier molecular flexibility index (Phi) is 11.4. The number of rotatable bonds is 14. The molecule has 2 N–H and O–H groups in total. The summed E-state index contributed by atoms with van der Waals surface area (Å²) in [7, 11) is 1.45. The molecule has 0 aromatic heterocycles. The largest absolute Gasteiger partial charge is 0.493 e. The third-order valence-electron chi connectivity index (χ3n) is 4.24. The fourth-order valence-electron chi connectivity index (χ4n) is 2.64. The molecule has 0 radical (unpaired) electrons. The molecule has 156 valence electrons. The quantitative estimate of drug-likeness (QED) is 0.283. The van der Waals surface area contributed by atoms with E-state index in [1.54, 1.807) is 18.2 Å². The van der Waals surface area contributed by atoms with Gasteiger partial charge in [0.2, 0.25) is 5.91 Å². The van der Waals surface area contributed by atoms with Gasteiger partial charge in [-0.05, 0) is 24.1 Å². The van der Waals surface area contributed by atoms with Gasteiger partial charge >= 0.3 is 11.9 Å². The van der Waals surface area contributed by atoms with Crippen LogP contribution in [0, 0.1) is 0 Å². The predicted octanol–water partition coefficient (Wildman–Crippen LogP) is 3.83. The second kappa shape index (κ2) is 13.6. The number of hydrogen-bond acceptors (Lipinski definition) is 5. The lowest BCUT2D eigenvalue weighted by atomic mass is 10.1. The van der Waals surface area contributed by atoms with Gasteiger partial charge in [-0.25, -0.2) is 0 Å². The normalized spacial score (nSPS) is 10.4. The maximum atomic E-state index is 11.9. The molecule has 0 aliphatic heterocycles. The second-order valence-corrected chi connectivity index (χ2v) is 6.65. The highest BCUT2D eigenvalue weighted by atomic mass is 16.6. The highest BCUT2D eigenvalue weighted by molar-refractivity contribution is 5.78. The zero-order valence-corrected chi connectivity index (χ0v) is 16.8. The molecule has 0 fully saturated rings.